The minimum absolute atomic E-state index is 0.00934. The van der Waals surface area contributed by atoms with E-state index in [0.29, 0.717) is 49.7 Å². The molecule has 1 aromatic carbocycles. The number of thiazole rings is 1. The smallest absolute Gasteiger partial charge is 0.222 e. The van der Waals surface area contributed by atoms with Gasteiger partial charge in [0.25, 0.3) is 0 Å². The summed E-state index contributed by atoms with van der Waals surface area (Å²) in [6.07, 6.45) is 5.03. The summed E-state index contributed by atoms with van der Waals surface area (Å²) in [5.41, 5.74) is 0.733. The van der Waals surface area contributed by atoms with Gasteiger partial charge in [-0.1, -0.05) is 23.5 Å². The van der Waals surface area contributed by atoms with E-state index in [4.69, 9.17) is 0 Å². The lowest BCUT2D eigenvalue weighted by Crippen LogP contribution is -2.49. The molecule has 11 heteroatoms. The minimum atomic E-state index is -3.33. The fraction of sp³-hybridized carbons (Fsp3) is 0.571. The van der Waals surface area contributed by atoms with E-state index in [0.717, 1.165) is 49.0 Å². The predicted octanol–water partition coefficient (Wildman–Crippen LogP) is 3.61. The molecule has 1 saturated carbocycles. The summed E-state index contributed by atoms with van der Waals surface area (Å²) in [6, 6.07) is 6.62. The van der Waals surface area contributed by atoms with Crippen molar-refractivity contribution in [2.45, 2.75) is 67.9 Å². The van der Waals surface area contributed by atoms with Crippen LogP contribution in [0, 0.1) is 17.0 Å². The molecule has 1 aliphatic carbocycles. The fourth-order valence-electron chi connectivity index (χ4n) is 5.64. The van der Waals surface area contributed by atoms with Crippen molar-refractivity contribution in [3.8, 4) is 0 Å². The van der Waals surface area contributed by atoms with Crippen molar-refractivity contribution in [1.29, 1.82) is 0 Å². The number of nitrogens with zero attached hydrogens (tertiary/aromatic N) is 3. The third-order valence-corrected chi connectivity index (χ3v) is 11.3. The van der Waals surface area contributed by atoms with E-state index < -0.39 is 20.9 Å². The number of benzene rings is 1. The molecule has 0 spiro atoms. The number of Topliss-reactive ketones (excluding diaryl/α,β-unsaturated/α-hetero) is 1. The van der Waals surface area contributed by atoms with Crippen LogP contribution in [0.15, 0.2) is 35.4 Å². The predicted molar refractivity (Wildman–Crippen MR) is 144 cm³/mol. The molecule has 0 unspecified atom stereocenters. The zero-order valence-electron chi connectivity index (χ0n) is 22.1. The number of aromatic nitrogens is 1. The first kappa shape index (κ1) is 27.9. The standard InChI is InChI=1S/C28H34FN3O5S2/c1-18(33)32-16-20(17-32)2-9-28(35)31-11-10-19(15-31)12-24(25(34)13-27-30-14-26(29)38-27)21-3-5-22(6-4-21)39(36,37)23-7-8-23/h3-6,14,19-20,23-24H,2,7-13,15-17H2,1H3/t19-,24-/m1/s1. The molecule has 2 aliphatic heterocycles. The highest BCUT2D eigenvalue weighted by Gasteiger charge is 2.37. The molecular weight excluding hydrogens is 541 g/mol. The van der Waals surface area contributed by atoms with Gasteiger partial charge in [0.2, 0.25) is 11.8 Å². The van der Waals surface area contributed by atoms with Crippen molar-refractivity contribution < 1.29 is 27.2 Å². The van der Waals surface area contributed by atoms with Crippen LogP contribution in [0.4, 0.5) is 4.39 Å². The molecule has 5 rings (SSSR count). The molecule has 210 valence electrons. The third-order valence-electron chi connectivity index (χ3n) is 8.19. The molecule has 0 bridgehead atoms. The fourth-order valence-corrected chi connectivity index (χ4v) is 7.94. The van der Waals surface area contributed by atoms with Gasteiger partial charge in [0, 0.05) is 45.4 Å². The number of carbonyl (C=O) groups is 3. The first-order valence-corrected chi connectivity index (χ1v) is 16.0. The Morgan fingerprint density at radius 1 is 1.05 bits per heavy atom. The normalized spacial score (nSPS) is 20.6. The minimum Gasteiger partial charge on any atom is -0.342 e. The van der Waals surface area contributed by atoms with E-state index in [2.05, 4.69) is 4.98 Å². The lowest BCUT2D eigenvalue weighted by molar-refractivity contribution is -0.135. The number of carbonyl (C=O) groups excluding carboxylic acids is 3. The second-order valence-electron chi connectivity index (χ2n) is 11.1. The first-order valence-electron chi connectivity index (χ1n) is 13.6. The average Bonchev–Trinajstić information content (AvgIpc) is 3.51. The Labute approximate surface area is 232 Å². The van der Waals surface area contributed by atoms with Crippen molar-refractivity contribution in [3.05, 3.63) is 46.2 Å². The van der Waals surface area contributed by atoms with Gasteiger partial charge in [-0.25, -0.2) is 13.4 Å². The number of ketones is 1. The summed E-state index contributed by atoms with van der Waals surface area (Å²) in [5, 5.41) is -0.331. The molecule has 3 fully saturated rings. The zero-order valence-corrected chi connectivity index (χ0v) is 23.7. The quantitative estimate of drug-likeness (QED) is 0.406. The second-order valence-corrected chi connectivity index (χ2v) is 14.4. The highest BCUT2D eigenvalue weighted by atomic mass is 32.2. The Morgan fingerprint density at radius 2 is 1.74 bits per heavy atom. The molecule has 3 aliphatic rings. The third kappa shape index (κ3) is 6.57. The largest absolute Gasteiger partial charge is 0.342 e. The van der Waals surface area contributed by atoms with Crippen LogP contribution in [0.5, 0.6) is 0 Å². The van der Waals surface area contributed by atoms with E-state index in [-0.39, 0.29) is 40.1 Å². The van der Waals surface area contributed by atoms with Crippen molar-refractivity contribution in [2.24, 2.45) is 11.8 Å². The monoisotopic (exact) mass is 575 g/mol. The maximum absolute atomic E-state index is 13.5. The topological polar surface area (TPSA) is 105 Å². The number of rotatable bonds is 11. The van der Waals surface area contributed by atoms with Gasteiger partial charge in [0.1, 0.15) is 10.8 Å². The summed E-state index contributed by atoms with van der Waals surface area (Å²) in [7, 11) is -3.33. The highest BCUT2D eigenvalue weighted by Crippen LogP contribution is 2.36. The SMILES string of the molecule is CC(=O)N1CC(CCC(=O)N2CC[C@H](C[C@@H](C(=O)Cc3ncc(F)s3)c3ccc(S(=O)(=O)C4CC4)cc3)C2)C1. The van der Waals surface area contributed by atoms with E-state index in [1.54, 1.807) is 36.1 Å². The lowest BCUT2D eigenvalue weighted by atomic mass is 9.84. The molecule has 2 saturated heterocycles. The molecule has 0 radical (unpaired) electrons. The Morgan fingerprint density at radius 3 is 2.36 bits per heavy atom. The molecule has 8 nitrogen and oxygen atoms in total. The number of halogens is 1. The molecule has 0 N–H and O–H groups in total. The van der Waals surface area contributed by atoms with Gasteiger partial charge in [-0.05, 0) is 61.6 Å². The molecule has 1 aromatic heterocycles. The second kappa shape index (κ2) is 11.4. The molecule has 3 heterocycles. The van der Waals surface area contributed by atoms with Gasteiger partial charge >= 0.3 is 0 Å². The molecule has 2 atom stereocenters. The van der Waals surface area contributed by atoms with Crippen LogP contribution < -0.4 is 0 Å². The first-order chi connectivity index (χ1) is 18.6. The van der Waals surface area contributed by atoms with E-state index in [1.807, 2.05) is 4.90 Å². The van der Waals surface area contributed by atoms with Crippen LogP contribution in [-0.2, 0) is 30.6 Å². The lowest BCUT2D eigenvalue weighted by Gasteiger charge is -2.38. The number of sulfone groups is 1. The Bertz CT molecular complexity index is 1330. The van der Waals surface area contributed by atoms with Crippen LogP contribution in [-0.4, -0.2) is 72.2 Å². The van der Waals surface area contributed by atoms with Crippen LogP contribution >= 0.6 is 11.3 Å². The van der Waals surface area contributed by atoms with Gasteiger partial charge in [-0.15, -0.1) is 0 Å². The van der Waals surface area contributed by atoms with E-state index in [9.17, 15) is 27.2 Å². The molecular formula is C28H34FN3O5S2. The maximum Gasteiger partial charge on any atom is 0.222 e. The average molecular weight is 576 g/mol. The summed E-state index contributed by atoms with van der Waals surface area (Å²) in [6.45, 7) is 4.22. The van der Waals surface area contributed by atoms with Crippen LogP contribution in [0.3, 0.4) is 0 Å². The van der Waals surface area contributed by atoms with Crippen molar-refractivity contribution in [1.82, 2.24) is 14.8 Å². The molecule has 2 aromatic rings. The van der Waals surface area contributed by atoms with Crippen molar-refractivity contribution in [2.75, 3.05) is 26.2 Å². The van der Waals surface area contributed by atoms with Crippen molar-refractivity contribution in [3.63, 3.8) is 0 Å². The van der Waals surface area contributed by atoms with E-state index >= 15 is 0 Å². The molecule has 39 heavy (non-hydrogen) atoms. The summed E-state index contributed by atoms with van der Waals surface area (Å²) < 4.78 is 38.8. The van der Waals surface area contributed by atoms with Crippen LogP contribution in [0.25, 0.3) is 0 Å². The van der Waals surface area contributed by atoms with E-state index in [1.165, 1.54) is 0 Å². The number of amides is 2. The summed E-state index contributed by atoms with van der Waals surface area (Å²) in [4.78, 5) is 45.6. The van der Waals surface area contributed by atoms with Gasteiger partial charge in [-0.3, -0.25) is 14.4 Å². The number of likely N-dealkylation sites (tertiary alicyclic amines) is 2. The van der Waals surface area contributed by atoms with Crippen LogP contribution in [0.1, 0.15) is 61.9 Å². The van der Waals surface area contributed by atoms with Gasteiger partial charge < -0.3 is 9.80 Å². The zero-order chi connectivity index (χ0) is 27.7. The highest BCUT2D eigenvalue weighted by molar-refractivity contribution is 7.92. The maximum atomic E-state index is 13.5. The van der Waals surface area contributed by atoms with Crippen molar-refractivity contribution >= 4 is 38.8 Å². The Balaban J connectivity index is 1.22. The molecule has 2 amide bonds. The van der Waals surface area contributed by atoms with Gasteiger partial charge in [-0.2, -0.15) is 4.39 Å². The Hall–Kier alpha value is -2.66. The summed E-state index contributed by atoms with van der Waals surface area (Å²) >= 11 is 0.855. The Kier molecular flexibility index (Phi) is 8.19. The number of hydrogen-bond donors (Lipinski definition) is 0. The number of hydrogen-bond acceptors (Lipinski definition) is 7. The van der Waals surface area contributed by atoms with Crippen LogP contribution in [0.2, 0.25) is 0 Å². The van der Waals surface area contributed by atoms with Gasteiger partial charge in [0.05, 0.1) is 22.8 Å². The summed E-state index contributed by atoms with van der Waals surface area (Å²) in [5.74, 6) is 0.0929. The van der Waals surface area contributed by atoms with Gasteiger partial charge in [0.15, 0.2) is 15.0 Å².